The molecule has 2 N–H and O–H groups in total. The number of hydrogen-bond acceptors (Lipinski definition) is 2. The fourth-order valence-corrected chi connectivity index (χ4v) is 2.57. The summed E-state index contributed by atoms with van der Waals surface area (Å²) in [4.78, 5) is 0. The Kier molecular flexibility index (Phi) is 5.53. The van der Waals surface area contributed by atoms with Gasteiger partial charge in [0.05, 0.1) is 22.3 Å². The molecule has 2 nitrogen and oxygen atoms in total. The summed E-state index contributed by atoms with van der Waals surface area (Å²) >= 11 is 17.6. The molecule has 0 aromatic heterocycles. The molecular weight excluding hydrogens is 331 g/mol. The van der Waals surface area contributed by atoms with E-state index >= 15 is 0 Å². The molecule has 0 heterocycles. The number of rotatable bonds is 4. The van der Waals surface area contributed by atoms with Crippen LogP contribution < -0.4 is 0 Å². The Balaban J connectivity index is 2.19. The van der Waals surface area contributed by atoms with Crippen molar-refractivity contribution in [2.45, 2.75) is 19.1 Å². The van der Waals surface area contributed by atoms with Gasteiger partial charge in [-0.15, -0.1) is 0 Å². The third-order valence-corrected chi connectivity index (χ3v) is 4.48. The maximum Gasteiger partial charge on any atom is 0.0844 e. The zero-order chi connectivity index (χ0) is 15.6. The van der Waals surface area contributed by atoms with Crippen molar-refractivity contribution in [3.63, 3.8) is 0 Å². The molecular formula is C16H15Cl3O2. The summed E-state index contributed by atoms with van der Waals surface area (Å²) < 4.78 is 0. The van der Waals surface area contributed by atoms with Gasteiger partial charge >= 0.3 is 0 Å². The summed E-state index contributed by atoms with van der Waals surface area (Å²) in [7, 11) is 0. The van der Waals surface area contributed by atoms with Crippen LogP contribution in [0.1, 0.15) is 30.3 Å². The van der Waals surface area contributed by atoms with E-state index in [0.717, 1.165) is 0 Å². The van der Waals surface area contributed by atoms with Crippen LogP contribution in [0.15, 0.2) is 42.5 Å². The molecule has 2 aromatic carbocycles. The van der Waals surface area contributed by atoms with E-state index in [-0.39, 0.29) is 0 Å². The summed E-state index contributed by atoms with van der Waals surface area (Å²) in [5.41, 5.74) is 1.32. The third kappa shape index (κ3) is 3.91. The fraction of sp³-hybridized carbons (Fsp3) is 0.250. The van der Waals surface area contributed by atoms with Crippen LogP contribution >= 0.6 is 34.8 Å². The summed E-state index contributed by atoms with van der Waals surface area (Å²) in [6.45, 7) is 1.77. The molecule has 5 heteroatoms. The largest absolute Gasteiger partial charge is 0.388 e. The first-order valence-corrected chi connectivity index (χ1v) is 7.60. The van der Waals surface area contributed by atoms with Gasteiger partial charge < -0.3 is 10.2 Å². The molecule has 0 radical (unpaired) electrons. The van der Waals surface area contributed by atoms with E-state index in [9.17, 15) is 10.2 Å². The van der Waals surface area contributed by atoms with Crippen molar-refractivity contribution in [3.8, 4) is 0 Å². The fourth-order valence-electron chi connectivity index (χ4n) is 2.14. The summed E-state index contributed by atoms with van der Waals surface area (Å²) in [6, 6.07) is 11.8. The predicted octanol–water partition coefficient (Wildman–Crippen LogP) is 5.05. The first kappa shape index (κ1) is 16.6. The average Bonchev–Trinajstić information content (AvgIpc) is 2.48. The lowest BCUT2D eigenvalue weighted by atomic mass is 9.89. The van der Waals surface area contributed by atoms with Gasteiger partial charge in [0.2, 0.25) is 0 Å². The van der Waals surface area contributed by atoms with Crippen LogP contribution in [0.5, 0.6) is 0 Å². The smallest absolute Gasteiger partial charge is 0.0844 e. The molecule has 0 bridgehead atoms. The van der Waals surface area contributed by atoms with E-state index in [4.69, 9.17) is 34.8 Å². The van der Waals surface area contributed by atoms with Gasteiger partial charge in [-0.05, 0) is 35.4 Å². The van der Waals surface area contributed by atoms with Gasteiger partial charge in [-0.25, -0.2) is 0 Å². The van der Waals surface area contributed by atoms with E-state index in [0.29, 0.717) is 26.2 Å². The lowest BCUT2D eigenvalue weighted by Gasteiger charge is -2.25. The molecule has 0 amide bonds. The Labute approximate surface area is 138 Å². The van der Waals surface area contributed by atoms with E-state index in [2.05, 4.69) is 0 Å². The molecule has 0 aliphatic carbocycles. The van der Waals surface area contributed by atoms with Crippen molar-refractivity contribution >= 4 is 34.8 Å². The Hall–Kier alpha value is -0.770. The first-order chi connectivity index (χ1) is 9.90. The zero-order valence-corrected chi connectivity index (χ0v) is 13.6. The molecule has 2 rings (SSSR count). The van der Waals surface area contributed by atoms with Gasteiger partial charge in [-0.1, -0.05) is 59.9 Å². The van der Waals surface area contributed by atoms with Crippen LogP contribution in [0.3, 0.4) is 0 Å². The van der Waals surface area contributed by atoms with E-state index < -0.39 is 18.1 Å². The van der Waals surface area contributed by atoms with Crippen molar-refractivity contribution in [2.24, 2.45) is 5.92 Å². The van der Waals surface area contributed by atoms with Gasteiger partial charge in [0.25, 0.3) is 0 Å². The molecule has 0 fully saturated rings. The normalized spacial score (nSPS) is 15.5. The molecule has 0 unspecified atom stereocenters. The van der Waals surface area contributed by atoms with Crippen molar-refractivity contribution in [1.29, 1.82) is 0 Å². The van der Waals surface area contributed by atoms with Gasteiger partial charge in [0.1, 0.15) is 0 Å². The second-order valence-electron chi connectivity index (χ2n) is 4.97. The van der Waals surface area contributed by atoms with Crippen LogP contribution in [-0.4, -0.2) is 10.2 Å². The summed E-state index contributed by atoms with van der Waals surface area (Å²) in [6.07, 6.45) is -1.67. The highest BCUT2D eigenvalue weighted by Crippen LogP contribution is 2.35. The molecule has 0 saturated heterocycles. The number of aliphatic hydroxyl groups excluding tert-OH is 2. The van der Waals surface area contributed by atoms with Crippen molar-refractivity contribution < 1.29 is 10.2 Å². The molecule has 112 valence electrons. The lowest BCUT2D eigenvalue weighted by Crippen LogP contribution is -2.17. The van der Waals surface area contributed by atoms with Crippen molar-refractivity contribution in [2.75, 3.05) is 0 Å². The molecule has 0 aliphatic rings. The van der Waals surface area contributed by atoms with Crippen molar-refractivity contribution in [1.82, 2.24) is 0 Å². The first-order valence-electron chi connectivity index (χ1n) is 6.46. The summed E-state index contributed by atoms with van der Waals surface area (Å²) in [5.74, 6) is -0.414. The monoisotopic (exact) mass is 344 g/mol. The Morgan fingerprint density at radius 3 is 1.86 bits per heavy atom. The standard InChI is InChI=1S/C16H15Cl3O2/c1-9(15(20)10-2-5-12(17)6-3-10)16(21)11-4-7-13(18)14(19)8-11/h2-9,15-16,20-21H,1H3/t9-,15+,16+/m1/s1. The highest BCUT2D eigenvalue weighted by atomic mass is 35.5. The van der Waals surface area contributed by atoms with Crippen LogP contribution in [0.4, 0.5) is 0 Å². The van der Waals surface area contributed by atoms with E-state index in [1.54, 1.807) is 49.4 Å². The van der Waals surface area contributed by atoms with Crippen LogP contribution in [0.2, 0.25) is 15.1 Å². The molecule has 21 heavy (non-hydrogen) atoms. The topological polar surface area (TPSA) is 40.5 Å². The number of hydrogen-bond donors (Lipinski definition) is 2. The van der Waals surface area contributed by atoms with Crippen LogP contribution in [0.25, 0.3) is 0 Å². The molecule has 0 spiro atoms. The van der Waals surface area contributed by atoms with Gasteiger partial charge in [-0.3, -0.25) is 0 Å². The van der Waals surface area contributed by atoms with Crippen LogP contribution in [0, 0.1) is 5.92 Å². The number of aliphatic hydroxyl groups is 2. The summed E-state index contributed by atoms with van der Waals surface area (Å²) in [5, 5.41) is 22.2. The van der Waals surface area contributed by atoms with Gasteiger partial charge in [0.15, 0.2) is 0 Å². The lowest BCUT2D eigenvalue weighted by molar-refractivity contribution is 0.0199. The number of halogens is 3. The maximum atomic E-state index is 10.4. The molecule has 3 atom stereocenters. The van der Waals surface area contributed by atoms with Crippen LogP contribution in [-0.2, 0) is 0 Å². The third-order valence-electron chi connectivity index (χ3n) is 3.49. The zero-order valence-electron chi connectivity index (χ0n) is 11.3. The van der Waals surface area contributed by atoms with Gasteiger partial charge in [-0.2, -0.15) is 0 Å². The highest BCUT2D eigenvalue weighted by molar-refractivity contribution is 6.42. The maximum absolute atomic E-state index is 10.4. The quantitative estimate of drug-likeness (QED) is 0.814. The van der Waals surface area contributed by atoms with E-state index in [1.165, 1.54) is 0 Å². The second-order valence-corrected chi connectivity index (χ2v) is 6.22. The van der Waals surface area contributed by atoms with Crippen molar-refractivity contribution in [3.05, 3.63) is 68.7 Å². The average molecular weight is 346 g/mol. The Morgan fingerprint density at radius 2 is 1.29 bits per heavy atom. The minimum Gasteiger partial charge on any atom is -0.388 e. The minimum absolute atomic E-state index is 0.376. The molecule has 0 saturated carbocycles. The SMILES string of the molecule is C[C@H]([C@H](O)c1ccc(Cl)cc1)[C@H](O)c1ccc(Cl)c(Cl)c1. The number of benzene rings is 2. The van der Waals surface area contributed by atoms with Gasteiger partial charge in [0, 0.05) is 10.9 Å². The Bertz CT molecular complexity index is 613. The van der Waals surface area contributed by atoms with E-state index in [1.807, 2.05) is 0 Å². The molecule has 2 aromatic rings. The second kappa shape index (κ2) is 6.99. The predicted molar refractivity (Wildman–Crippen MR) is 87.0 cm³/mol. The highest BCUT2D eigenvalue weighted by Gasteiger charge is 2.25. The minimum atomic E-state index is -0.856. The Morgan fingerprint density at radius 1 is 0.762 bits per heavy atom. The molecule has 0 aliphatic heterocycles.